The van der Waals surface area contributed by atoms with Gasteiger partial charge in [0, 0.05) is 81.1 Å². The Morgan fingerprint density at radius 3 is 2.33 bits per heavy atom. The molecule has 3 aromatic rings. The van der Waals surface area contributed by atoms with Gasteiger partial charge in [0.05, 0.1) is 18.3 Å². The number of aromatic nitrogens is 1. The number of nitrogens with zero attached hydrogens (tertiary/aromatic N) is 7. The molecule has 0 saturated carbocycles. The second kappa shape index (κ2) is 16.8. The van der Waals surface area contributed by atoms with Crippen molar-refractivity contribution >= 4 is 34.0 Å². The summed E-state index contributed by atoms with van der Waals surface area (Å²) in [5.41, 5.74) is 6.43. The molecule has 3 fully saturated rings. The van der Waals surface area contributed by atoms with Crippen LogP contribution >= 0.6 is 0 Å². The zero-order valence-corrected chi connectivity index (χ0v) is 30.0. The molecule has 3 saturated heterocycles. The largest absolute Gasteiger partial charge is 0.368 e. The molecule has 1 aromatic heterocycles. The van der Waals surface area contributed by atoms with Crippen LogP contribution in [-0.4, -0.2) is 96.4 Å². The quantitative estimate of drug-likeness (QED) is 0.291. The maximum atomic E-state index is 14.3. The number of fused-ring (bicyclic) bond motifs is 2. The van der Waals surface area contributed by atoms with Gasteiger partial charge in [0.1, 0.15) is 5.69 Å². The Kier molecular flexibility index (Phi) is 12.3. The van der Waals surface area contributed by atoms with Crippen molar-refractivity contribution in [2.75, 3.05) is 68.7 Å². The third kappa shape index (κ3) is 7.91. The van der Waals surface area contributed by atoms with Crippen LogP contribution in [0.2, 0.25) is 0 Å². The van der Waals surface area contributed by atoms with Gasteiger partial charge in [-0.1, -0.05) is 50.8 Å². The molecule has 4 aliphatic rings. The van der Waals surface area contributed by atoms with Gasteiger partial charge in [-0.3, -0.25) is 9.59 Å². The standard InChI is InChI=1S/C36H44N6O2.C2H3N.C2H6/c1-3-34(43)40-21-19-39(20-22-40)33-23-30(36(44)42-17-8-12-28(42)24-38-15-4-5-16-38)37-31-25-41(18-14-29(31)33)32-13-7-11-27-10-6-9-26(2)35(27)32;1-2-3;1-2/h3,6-7,9-11,13,23,28H,1,4-5,8,12,14-22,24-25H2,2H3;1H3;1-2H3. The van der Waals surface area contributed by atoms with Crippen molar-refractivity contribution in [3.8, 4) is 6.07 Å². The number of pyridine rings is 1. The van der Waals surface area contributed by atoms with Gasteiger partial charge < -0.3 is 24.5 Å². The van der Waals surface area contributed by atoms with Crippen LogP contribution in [0.1, 0.15) is 73.8 Å². The van der Waals surface area contributed by atoms with Gasteiger partial charge in [-0.05, 0) is 81.3 Å². The maximum absolute atomic E-state index is 14.3. The summed E-state index contributed by atoms with van der Waals surface area (Å²) in [6, 6.07) is 17.1. The molecule has 1 unspecified atom stereocenters. The van der Waals surface area contributed by atoms with Crippen LogP contribution in [0, 0.1) is 18.3 Å². The predicted octanol–water partition coefficient (Wildman–Crippen LogP) is 6.20. The Labute approximate surface area is 292 Å². The second-order valence-corrected chi connectivity index (χ2v) is 13.1. The van der Waals surface area contributed by atoms with Gasteiger partial charge in [0.15, 0.2) is 0 Å². The van der Waals surface area contributed by atoms with E-state index in [0.717, 1.165) is 76.5 Å². The zero-order valence-electron chi connectivity index (χ0n) is 30.0. The Hall–Kier alpha value is -4.42. The number of piperazine rings is 1. The molecule has 7 rings (SSSR count). The number of carbonyl (C=O) groups is 2. The van der Waals surface area contributed by atoms with E-state index >= 15 is 0 Å². The van der Waals surface area contributed by atoms with Crippen molar-refractivity contribution < 1.29 is 9.59 Å². The summed E-state index contributed by atoms with van der Waals surface area (Å²) >= 11 is 0. The van der Waals surface area contributed by atoms with Crippen LogP contribution in [0.25, 0.3) is 10.8 Å². The SMILES string of the molecule is C=CC(=O)N1CCN(c2cc(C(=O)N3CCCC3CN3CCCC3)nc3c2CCN(c2cccc4cccc(C)c24)C3)CC1.CC.CC#N. The maximum Gasteiger partial charge on any atom is 0.272 e. The lowest BCUT2D eigenvalue weighted by Crippen LogP contribution is -2.49. The lowest BCUT2D eigenvalue weighted by molar-refractivity contribution is -0.126. The Balaban J connectivity index is 0.000000889. The molecule has 9 nitrogen and oxygen atoms in total. The molecule has 4 aliphatic heterocycles. The highest BCUT2D eigenvalue weighted by Crippen LogP contribution is 2.36. The van der Waals surface area contributed by atoms with E-state index in [9.17, 15) is 9.59 Å². The number of carbonyl (C=O) groups excluding carboxylic acids is 2. The summed E-state index contributed by atoms with van der Waals surface area (Å²) in [6.07, 6.45) is 6.90. The van der Waals surface area contributed by atoms with E-state index in [4.69, 9.17) is 10.2 Å². The molecular weight excluding hydrogens is 610 g/mol. The average Bonchev–Trinajstić information content (AvgIpc) is 3.84. The van der Waals surface area contributed by atoms with Gasteiger partial charge in [-0.15, -0.1) is 0 Å². The molecule has 2 aromatic carbocycles. The number of nitriles is 1. The van der Waals surface area contributed by atoms with Gasteiger partial charge in [0.2, 0.25) is 5.91 Å². The summed E-state index contributed by atoms with van der Waals surface area (Å²) in [6.45, 7) is 19.7. The Bertz CT molecular complexity index is 1660. The fraction of sp³-hybridized carbons (Fsp3) is 0.500. The fourth-order valence-corrected chi connectivity index (χ4v) is 7.89. The molecule has 0 N–H and O–H groups in total. The highest BCUT2D eigenvalue weighted by Gasteiger charge is 2.34. The third-order valence-electron chi connectivity index (χ3n) is 10.2. The number of likely N-dealkylation sites (tertiary alicyclic amines) is 2. The Morgan fingerprint density at radius 2 is 1.63 bits per heavy atom. The number of hydrogen-bond donors (Lipinski definition) is 0. The molecule has 49 heavy (non-hydrogen) atoms. The van der Waals surface area contributed by atoms with Gasteiger partial charge in [0.25, 0.3) is 5.91 Å². The van der Waals surface area contributed by atoms with E-state index in [1.807, 2.05) is 18.7 Å². The number of amides is 2. The molecule has 1 atom stereocenters. The smallest absolute Gasteiger partial charge is 0.272 e. The first kappa shape index (κ1) is 35.9. The van der Waals surface area contributed by atoms with E-state index in [2.05, 4.69) is 75.6 Å². The summed E-state index contributed by atoms with van der Waals surface area (Å²) < 4.78 is 0. The first-order chi connectivity index (χ1) is 23.9. The molecule has 2 amide bonds. The van der Waals surface area contributed by atoms with E-state index in [1.54, 1.807) is 6.07 Å². The summed E-state index contributed by atoms with van der Waals surface area (Å²) in [4.78, 5) is 43.0. The molecule has 5 heterocycles. The van der Waals surface area contributed by atoms with E-state index in [1.165, 1.54) is 53.4 Å². The van der Waals surface area contributed by atoms with E-state index in [-0.39, 0.29) is 17.9 Å². The van der Waals surface area contributed by atoms with Crippen LogP contribution in [-0.2, 0) is 17.8 Å². The second-order valence-electron chi connectivity index (χ2n) is 13.1. The summed E-state index contributed by atoms with van der Waals surface area (Å²) in [7, 11) is 0. The van der Waals surface area contributed by atoms with Gasteiger partial charge >= 0.3 is 0 Å². The summed E-state index contributed by atoms with van der Waals surface area (Å²) in [5.74, 6) is 0.0470. The molecule has 0 radical (unpaired) electrons. The highest BCUT2D eigenvalue weighted by molar-refractivity contribution is 5.97. The number of aryl methyl sites for hydroxylation is 1. The first-order valence-electron chi connectivity index (χ1n) is 18.2. The van der Waals surface area contributed by atoms with Crippen LogP contribution < -0.4 is 9.80 Å². The number of hydrogen-bond acceptors (Lipinski definition) is 7. The molecule has 0 spiro atoms. The van der Waals surface area contributed by atoms with Crippen LogP contribution in [0.3, 0.4) is 0 Å². The monoisotopic (exact) mass is 663 g/mol. The predicted molar refractivity (Wildman–Crippen MR) is 199 cm³/mol. The molecule has 260 valence electrons. The minimum Gasteiger partial charge on any atom is -0.368 e. The lowest BCUT2D eigenvalue weighted by Gasteiger charge is -2.39. The normalized spacial score (nSPS) is 19.0. The van der Waals surface area contributed by atoms with Crippen molar-refractivity contribution in [1.29, 1.82) is 5.26 Å². The van der Waals surface area contributed by atoms with E-state index < -0.39 is 0 Å². The van der Waals surface area contributed by atoms with Gasteiger partial charge in [-0.25, -0.2) is 4.98 Å². The molecular formula is C40H53N7O2. The number of anilines is 2. The van der Waals surface area contributed by atoms with Crippen molar-refractivity contribution in [2.24, 2.45) is 0 Å². The third-order valence-corrected chi connectivity index (χ3v) is 10.2. The minimum absolute atomic E-state index is 0.0172. The minimum atomic E-state index is -0.0172. The van der Waals surface area contributed by atoms with Crippen LogP contribution in [0.15, 0.2) is 55.1 Å². The zero-order chi connectivity index (χ0) is 34.9. The van der Waals surface area contributed by atoms with Crippen molar-refractivity contribution in [2.45, 2.75) is 72.4 Å². The van der Waals surface area contributed by atoms with Crippen LogP contribution in [0.5, 0.6) is 0 Å². The van der Waals surface area contributed by atoms with Crippen LogP contribution in [0.4, 0.5) is 11.4 Å². The molecule has 0 aliphatic carbocycles. The first-order valence-corrected chi connectivity index (χ1v) is 18.2. The topological polar surface area (TPSA) is 87.0 Å². The average molecular weight is 664 g/mol. The van der Waals surface area contributed by atoms with Crippen molar-refractivity contribution in [3.63, 3.8) is 0 Å². The fourth-order valence-electron chi connectivity index (χ4n) is 7.89. The Morgan fingerprint density at radius 1 is 0.939 bits per heavy atom. The summed E-state index contributed by atoms with van der Waals surface area (Å²) in [5, 5.41) is 9.85. The van der Waals surface area contributed by atoms with Gasteiger partial charge in [-0.2, -0.15) is 5.26 Å². The number of rotatable bonds is 6. The lowest BCUT2D eigenvalue weighted by atomic mass is 9.97. The highest BCUT2D eigenvalue weighted by atomic mass is 16.2. The molecule has 9 heteroatoms. The molecule has 0 bridgehead atoms. The van der Waals surface area contributed by atoms with E-state index in [0.29, 0.717) is 25.3 Å². The van der Waals surface area contributed by atoms with Crippen molar-refractivity contribution in [3.05, 3.63) is 77.6 Å². The van der Waals surface area contributed by atoms with Crippen molar-refractivity contribution in [1.82, 2.24) is 19.7 Å². The number of benzene rings is 2.